The Kier molecular flexibility index (Phi) is 6.06. The van der Waals surface area contributed by atoms with E-state index in [4.69, 9.17) is 14.7 Å². The lowest BCUT2D eigenvalue weighted by Gasteiger charge is -2.10. The molecule has 4 rings (SSSR count). The first-order chi connectivity index (χ1) is 14.5. The molecule has 1 aromatic carbocycles. The quantitative estimate of drug-likeness (QED) is 0.475. The van der Waals surface area contributed by atoms with Crippen molar-refractivity contribution in [2.24, 2.45) is 0 Å². The SMILES string of the molecule is COCC(C)Nc1nc(C2CC2)c(-c2ccnc(Nc3cccc(C(C)=O)c3)n2)s1. The third kappa shape index (κ3) is 4.83. The third-order valence-electron chi connectivity index (χ3n) is 4.82. The fourth-order valence-electron chi connectivity index (χ4n) is 3.20. The van der Waals surface area contributed by atoms with Crippen LogP contribution in [0.1, 0.15) is 48.7 Å². The summed E-state index contributed by atoms with van der Waals surface area (Å²) in [5.74, 6) is 1.02. The van der Waals surface area contributed by atoms with E-state index >= 15 is 0 Å². The number of carbonyl (C=O) groups is 1. The number of nitrogens with zero attached hydrogens (tertiary/aromatic N) is 3. The van der Waals surface area contributed by atoms with Crippen molar-refractivity contribution in [3.05, 3.63) is 47.8 Å². The number of aromatic nitrogens is 3. The van der Waals surface area contributed by atoms with Crippen molar-refractivity contribution < 1.29 is 9.53 Å². The molecule has 0 bridgehead atoms. The molecule has 1 aliphatic rings. The summed E-state index contributed by atoms with van der Waals surface area (Å²) < 4.78 is 5.22. The van der Waals surface area contributed by atoms with Gasteiger partial charge in [-0.1, -0.05) is 23.5 Å². The van der Waals surface area contributed by atoms with Gasteiger partial charge in [0.05, 0.1) is 22.9 Å². The van der Waals surface area contributed by atoms with Gasteiger partial charge in [-0.25, -0.2) is 15.0 Å². The molecule has 1 atom stereocenters. The van der Waals surface area contributed by atoms with Gasteiger partial charge < -0.3 is 15.4 Å². The van der Waals surface area contributed by atoms with Gasteiger partial charge in [-0.2, -0.15) is 0 Å². The van der Waals surface area contributed by atoms with E-state index < -0.39 is 0 Å². The van der Waals surface area contributed by atoms with E-state index in [0.29, 0.717) is 24.0 Å². The maximum Gasteiger partial charge on any atom is 0.227 e. The molecule has 1 aliphatic carbocycles. The molecule has 30 heavy (non-hydrogen) atoms. The third-order valence-corrected chi connectivity index (χ3v) is 5.84. The smallest absolute Gasteiger partial charge is 0.227 e. The van der Waals surface area contributed by atoms with Crippen LogP contribution in [0.4, 0.5) is 16.8 Å². The molecule has 3 aromatic rings. The second kappa shape index (κ2) is 8.89. The van der Waals surface area contributed by atoms with Gasteiger partial charge in [0.25, 0.3) is 0 Å². The average Bonchev–Trinajstić information content (AvgIpc) is 3.49. The normalized spacial score (nSPS) is 14.4. The minimum absolute atomic E-state index is 0.0229. The van der Waals surface area contributed by atoms with Crippen molar-refractivity contribution in [1.29, 1.82) is 0 Å². The van der Waals surface area contributed by atoms with Gasteiger partial charge in [0.2, 0.25) is 5.95 Å². The van der Waals surface area contributed by atoms with E-state index in [0.717, 1.165) is 39.9 Å². The highest BCUT2D eigenvalue weighted by molar-refractivity contribution is 7.19. The van der Waals surface area contributed by atoms with Gasteiger partial charge in [-0.05, 0) is 44.9 Å². The van der Waals surface area contributed by atoms with Gasteiger partial charge in [-0.3, -0.25) is 4.79 Å². The lowest BCUT2D eigenvalue weighted by atomic mass is 10.1. The second-order valence-corrected chi connectivity index (χ2v) is 8.53. The summed E-state index contributed by atoms with van der Waals surface area (Å²) >= 11 is 1.62. The van der Waals surface area contributed by atoms with E-state index in [2.05, 4.69) is 22.5 Å². The average molecular weight is 424 g/mol. The summed E-state index contributed by atoms with van der Waals surface area (Å²) in [6, 6.07) is 9.43. The molecule has 1 unspecified atom stereocenters. The molecule has 0 spiro atoms. The number of carbonyl (C=O) groups excluding carboxylic acids is 1. The van der Waals surface area contributed by atoms with Crippen molar-refractivity contribution in [2.45, 2.75) is 38.6 Å². The van der Waals surface area contributed by atoms with Gasteiger partial charge in [0.15, 0.2) is 10.9 Å². The van der Waals surface area contributed by atoms with Crippen LogP contribution in [0.5, 0.6) is 0 Å². The molecule has 0 aliphatic heterocycles. The van der Waals surface area contributed by atoms with Crippen molar-refractivity contribution in [3.63, 3.8) is 0 Å². The maximum absolute atomic E-state index is 11.6. The van der Waals surface area contributed by atoms with Crippen molar-refractivity contribution in [2.75, 3.05) is 24.4 Å². The monoisotopic (exact) mass is 423 g/mol. The summed E-state index contributed by atoms with van der Waals surface area (Å²) in [7, 11) is 1.70. The van der Waals surface area contributed by atoms with Crippen LogP contribution < -0.4 is 10.6 Å². The van der Waals surface area contributed by atoms with Crippen LogP contribution in [-0.2, 0) is 4.74 Å². The number of methoxy groups -OCH3 is 1. The highest BCUT2D eigenvalue weighted by atomic mass is 32.1. The van der Waals surface area contributed by atoms with Crippen LogP contribution in [-0.4, -0.2) is 40.5 Å². The summed E-state index contributed by atoms with van der Waals surface area (Å²) in [6.45, 7) is 4.25. The summed E-state index contributed by atoms with van der Waals surface area (Å²) in [4.78, 5) is 26.6. The number of benzene rings is 1. The van der Waals surface area contributed by atoms with Crippen molar-refractivity contribution in [3.8, 4) is 10.6 Å². The number of ether oxygens (including phenoxy) is 1. The number of nitrogens with one attached hydrogen (secondary N) is 2. The summed E-state index contributed by atoms with van der Waals surface area (Å²) in [5, 5.41) is 7.51. The topological polar surface area (TPSA) is 89.0 Å². The molecule has 1 saturated carbocycles. The number of Topliss-reactive ketones (excluding diaryl/α,β-unsaturated/α-hetero) is 1. The van der Waals surface area contributed by atoms with Crippen molar-refractivity contribution in [1.82, 2.24) is 15.0 Å². The first kappa shape index (κ1) is 20.4. The van der Waals surface area contributed by atoms with Crippen LogP contribution in [0.2, 0.25) is 0 Å². The molecule has 1 fully saturated rings. The van der Waals surface area contributed by atoms with Crippen LogP contribution in [0.3, 0.4) is 0 Å². The van der Waals surface area contributed by atoms with Crippen LogP contribution in [0.25, 0.3) is 10.6 Å². The molecule has 0 amide bonds. The highest BCUT2D eigenvalue weighted by Crippen LogP contribution is 2.47. The van der Waals surface area contributed by atoms with Crippen LogP contribution >= 0.6 is 11.3 Å². The fraction of sp³-hybridized carbons (Fsp3) is 0.364. The zero-order chi connectivity index (χ0) is 21.1. The molecule has 8 heteroatoms. The number of anilines is 3. The largest absolute Gasteiger partial charge is 0.383 e. The molecular formula is C22H25N5O2S. The zero-order valence-corrected chi connectivity index (χ0v) is 18.1. The number of hydrogen-bond acceptors (Lipinski definition) is 8. The first-order valence-electron chi connectivity index (χ1n) is 10.0. The predicted octanol–water partition coefficient (Wildman–Crippen LogP) is 4.87. The number of rotatable bonds is 9. The Morgan fingerprint density at radius 1 is 1.30 bits per heavy atom. The number of thiazole rings is 1. The first-order valence-corrected chi connectivity index (χ1v) is 10.8. The molecule has 7 nitrogen and oxygen atoms in total. The van der Waals surface area contributed by atoms with Crippen LogP contribution in [0.15, 0.2) is 36.5 Å². The highest BCUT2D eigenvalue weighted by Gasteiger charge is 2.31. The Labute approximate surface area is 179 Å². The Balaban J connectivity index is 1.59. The Morgan fingerprint density at radius 3 is 2.87 bits per heavy atom. The van der Waals surface area contributed by atoms with E-state index in [1.807, 2.05) is 18.2 Å². The summed E-state index contributed by atoms with van der Waals surface area (Å²) in [5.41, 5.74) is 3.38. The molecule has 2 N–H and O–H groups in total. The lowest BCUT2D eigenvalue weighted by Crippen LogP contribution is -2.20. The Hall–Kier alpha value is -2.84. The van der Waals surface area contributed by atoms with E-state index in [1.54, 1.807) is 43.7 Å². The fourth-order valence-corrected chi connectivity index (χ4v) is 4.34. The molecule has 2 heterocycles. The van der Waals surface area contributed by atoms with Gasteiger partial charge in [-0.15, -0.1) is 0 Å². The lowest BCUT2D eigenvalue weighted by molar-refractivity contribution is 0.101. The van der Waals surface area contributed by atoms with E-state index in [1.165, 1.54) is 0 Å². The predicted molar refractivity (Wildman–Crippen MR) is 120 cm³/mol. The molecule has 0 radical (unpaired) electrons. The van der Waals surface area contributed by atoms with Crippen LogP contribution in [0, 0.1) is 0 Å². The van der Waals surface area contributed by atoms with Crippen molar-refractivity contribution >= 4 is 33.9 Å². The Morgan fingerprint density at radius 2 is 2.13 bits per heavy atom. The maximum atomic E-state index is 11.6. The second-order valence-electron chi connectivity index (χ2n) is 7.54. The molecular weight excluding hydrogens is 398 g/mol. The van der Waals surface area contributed by atoms with E-state index in [9.17, 15) is 4.79 Å². The molecule has 0 saturated heterocycles. The standard InChI is InChI=1S/C22H25N5O2S/c1-13(12-29-3)24-22-27-19(15-7-8-15)20(30-22)18-9-10-23-21(26-18)25-17-6-4-5-16(11-17)14(2)28/h4-6,9-11,13,15H,7-8,12H2,1-3H3,(H,24,27)(H,23,25,26). The summed E-state index contributed by atoms with van der Waals surface area (Å²) in [6.07, 6.45) is 4.08. The van der Waals surface area contributed by atoms with Gasteiger partial charge >= 0.3 is 0 Å². The van der Waals surface area contributed by atoms with Gasteiger partial charge in [0.1, 0.15) is 0 Å². The minimum Gasteiger partial charge on any atom is -0.383 e. The minimum atomic E-state index is 0.0229. The molecule has 2 aromatic heterocycles. The number of hydrogen-bond donors (Lipinski definition) is 2. The Bertz CT molecular complexity index is 1050. The number of ketones is 1. The van der Waals surface area contributed by atoms with Gasteiger partial charge in [0, 0.05) is 36.5 Å². The molecule has 156 valence electrons. The zero-order valence-electron chi connectivity index (χ0n) is 17.3. The van der Waals surface area contributed by atoms with E-state index in [-0.39, 0.29) is 11.8 Å².